The highest BCUT2D eigenvalue weighted by atomic mass is 15.1. The zero-order valence-electron chi connectivity index (χ0n) is 12.0. The Balaban J connectivity index is 1.86. The predicted molar refractivity (Wildman–Crippen MR) is 82.8 cm³/mol. The Kier molecular flexibility index (Phi) is 2.89. The Bertz CT molecular complexity index is 604. The SMILES string of the molecule is CN1CCC[C@H]2[C@H](c3ccccc3)c3ccccc3[C@H]21. The molecule has 20 heavy (non-hydrogen) atoms. The van der Waals surface area contributed by atoms with Crippen molar-refractivity contribution < 1.29 is 0 Å². The molecule has 4 rings (SSSR count). The van der Waals surface area contributed by atoms with E-state index in [2.05, 4.69) is 66.5 Å². The quantitative estimate of drug-likeness (QED) is 0.745. The van der Waals surface area contributed by atoms with Crippen molar-refractivity contribution in [3.8, 4) is 0 Å². The van der Waals surface area contributed by atoms with E-state index in [9.17, 15) is 0 Å². The lowest BCUT2D eigenvalue weighted by Gasteiger charge is -2.37. The van der Waals surface area contributed by atoms with Crippen LogP contribution in [0.2, 0.25) is 0 Å². The summed E-state index contributed by atoms with van der Waals surface area (Å²) >= 11 is 0. The van der Waals surface area contributed by atoms with E-state index in [1.165, 1.54) is 24.9 Å². The van der Waals surface area contributed by atoms with E-state index in [1.807, 2.05) is 0 Å². The number of rotatable bonds is 1. The molecule has 2 aromatic carbocycles. The van der Waals surface area contributed by atoms with Crippen LogP contribution in [0.3, 0.4) is 0 Å². The Hall–Kier alpha value is -1.60. The van der Waals surface area contributed by atoms with Crippen LogP contribution in [-0.2, 0) is 0 Å². The van der Waals surface area contributed by atoms with Crippen LogP contribution in [0.25, 0.3) is 0 Å². The normalized spacial score (nSPS) is 28.9. The van der Waals surface area contributed by atoms with E-state index in [0.717, 1.165) is 5.92 Å². The lowest BCUT2D eigenvalue weighted by molar-refractivity contribution is 0.127. The Labute approximate surface area is 121 Å². The van der Waals surface area contributed by atoms with Crippen molar-refractivity contribution >= 4 is 0 Å². The van der Waals surface area contributed by atoms with Crippen LogP contribution < -0.4 is 0 Å². The smallest absolute Gasteiger partial charge is 0.0385 e. The Morgan fingerprint density at radius 2 is 1.60 bits per heavy atom. The molecule has 0 spiro atoms. The Morgan fingerprint density at radius 1 is 0.900 bits per heavy atom. The molecule has 1 heterocycles. The maximum absolute atomic E-state index is 2.57. The molecule has 102 valence electrons. The predicted octanol–water partition coefficient (Wildman–Crippen LogP) is 4.22. The van der Waals surface area contributed by atoms with E-state index < -0.39 is 0 Å². The summed E-state index contributed by atoms with van der Waals surface area (Å²) in [6, 6.07) is 20.8. The monoisotopic (exact) mass is 263 g/mol. The maximum atomic E-state index is 2.57. The second kappa shape index (κ2) is 4.75. The fourth-order valence-corrected chi connectivity index (χ4v) is 4.40. The molecule has 2 aromatic rings. The van der Waals surface area contributed by atoms with E-state index in [-0.39, 0.29) is 0 Å². The van der Waals surface area contributed by atoms with E-state index in [1.54, 1.807) is 11.1 Å². The minimum absolute atomic E-state index is 0.583. The van der Waals surface area contributed by atoms with Crippen molar-refractivity contribution in [1.29, 1.82) is 0 Å². The first kappa shape index (κ1) is 12.2. The molecule has 0 N–H and O–H groups in total. The molecule has 0 saturated carbocycles. The number of fused-ring (bicyclic) bond motifs is 3. The van der Waals surface area contributed by atoms with Gasteiger partial charge in [-0.2, -0.15) is 0 Å². The number of hydrogen-bond donors (Lipinski definition) is 0. The average Bonchev–Trinajstić information content (AvgIpc) is 2.84. The van der Waals surface area contributed by atoms with Gasteiger partial charge in [0.25, 0.3) is 0 Å². The fourth-order valence-electron chi connectivity index (χ4n) is 4.40. The van der Waals surface area contributed by atoms with Gasteiger partial charge in [-0.05, 0) is 49.0 Å². The van der Waals surface area contributed by atoms with Crippen molar-refractivity contribution in [2.75, 3.05) is 13.6 Å². The number of likely N-dealkylation sites (tertiary alicyclic amines) is 1. The molecule has 0 amide bonds. The molecule has 1 nitrogen and oxygen atoms in total. The maximum Gasteiger partial charge on any atom is 0.0385 e. The van der Waals surface area contributed by atoms with Gasteiger partial charge in [-0.1, -0.05) is 54.6 Å². The summed E-state index contributed by atoms with van der Waals surface area (Å²) in [5, 5.41) is 0. The van der Waals surface area contributed by atoms with Crippen molar-refractivity contribution in [3.63, 3.8) is 0 Å². The molecule has 1 fully saturated rings. The van der Waals surface area contributed by atoms with Gasteiger partial charge in [-0.25, -0.2) is 0 Å². The van der Waals surface area contributed by atoms with Crippen LogP contribution in [-0.4, -0.2) is 18.5 Å². The lowest BCUT2D eigenvalue weighted by Crippen LogP contribution is -2.34. The van der Waals surface area contributed by atoms with Crippen LogP contribution in [0.1, 0.15) is 41.5 Å². The highest BCUT2D eigenvalue weighted by Gasteiger charge is 2.44. The van der Waals surface area contributed by atoms with Crippen molar-refractivity contribution in [2.45, 2.75) is 24.8 Å². The van der Waals surface area contributed by atoms with Crippen LogP contribution in [0.15, 0.2) is 54.6 Å². The number of nitrogens with zero attached hydrogens (tertiary/aromatic N) is 1. The molecule has 0 unspecified atom stereocenters. The third-order valence-electron chi connectivity index (χ3n) is 5.17. The van der Waals surface area contributed by atoms with Gasteiger partial charge in [0.2, 0.25) is 0 Å². The average molecular weight is 263 g/mol. The van der Waals surface area contributed by atoms with Gasteiger partial charge in [-0.3, -0.25) is 4.90 Å². The molecule has 0 aromatic heterocycles. The van der Waals surface area contributed by atoms with Crippen molar-refractivity contribution in [2.24, 2.45) is 5.92 Å². The molecule has 0 bridgehead atoms. The van der Waals surface area contributed by atoms with Gasteiger partial charge >= 0.3 is 0 Å². The third-order valence-corrected chi connectivity index (χ3v) is 5.17. The van der Waals surface area contributed by atoms with E-state index in [0.29, 0.717) is 12.0 Å². The summed E-state index contributed by atoms with van der Waals surface area (Å²) in [5.74, 6) is 1.33. The van der Waals surface area contributed by atoms with Gasteiger partial charge in [0.05, 0.1) is 0 Å². The second-order valence-electron chi connectivity index (χ2n) is 6.25. The molecular formula is C19H21N. The van der Waals surface area contributed by atoms with E-state index in [4.69, 9.17) is 0 Å². The highest BCUT2D eigenvalue weighted by molar-refractivity contribution is 5.46. The van der Waals surface area contributed by atoms with Gasteiger partial charge in [0.1, 0.15) is 0 Å². The summed E-state index contributed by atoms with van der Waals surface area (Å²) in [6.07, 6.45) is 2.68. The first-order valence-corrected chi connectivity index (χ1v) is 7.70. The summed E-state index contributed by atoms with van der Waals surface area (Å²) < 4.78 is 0. The lowest BCUT2D eigenvalue weighted by atomic mass is 9.80. The Morgan fingerprint density at radius 3 is 2.40 bits per heavy atom. The summed E-state index contributed by atoms with van der Waals surface area (Å²) in [5.41, 5.74) is 4.61. The zero-order chi connectivity index (χ0) is 13.5. The van der Waals surface area contributed by atoms with Gasteiger partial charge in [0.15, 0.2) is 0 Å². The largest absolute Gasteiger partial charge is 0.299 e. The minimum atomic E-state index is 0.583. The summed E-state index contributed by atoms with van der Waals surface area (Å²) in [4.78, 5) is 2.57. The first-order valence-electron chi connectivity index (χ1n) is 7.70. The van der Waals surface area contributed by atoms with Crippen molar-refractivity contribution in [1.82, 2.24) is 4.90 Å². The third kappa shape index (κ3) is 1.73. The number of hydrogen-bond acceptors (Lipinski definition) is 1. The molecule has 1 aliphatic carbocycles. The number of piperidine rings is 1. The first-order chi connectivity index (χ1) is 9.86. The van der Waals surface area contributed by atoms with E-state index >= 15 is 0 Å². The zero-order valence-corrected chi connectivity index (χ0v) is 12.0. The van der Waals surface area contributed by atoms with Crippen molar-refractivity contribution in [3.05, 3.63) is 71.3 Å². The summed E-state index contributed by atoms with van der Waals surface area (Å²) in [7, 11) is 2.29. The molecule has 1 saturated heterocycles. The van der Waals surface area contributed by atoms with Crippen LogP contribution in [0, 0.1) is 5.92 Å². The van der Waals surface area contributed by atoms with Crippen LogP contribution >= 0.6 is 0 Å². The molecule has 1 heteroatoms. The fraction of sp³-hybridized carbons (Fsp3) is 0.368. The molecule has 2 aliphatic rings. The van der Waals surface area contributed by atoms with Gasteiger partial charge < -0.3 is 0 Å². The molecule has 1 aliphatic heterocycles. The van der Waals surface area contributed by atoms with Gasteiger partial charge in [0, 0.05) is 12.0 Å². The minimum Gasteiger partial charge on any atom is -0.299 e. The second-order valence-corrected chi connectivity index (χ2v) is 6.25. The van der Waals surface area contributed by atoms with Crippen LogP contribution in [0.5, 0.6) is 0 Å². The van der Waals surface area contributed by atoms with Gasteiger partial charge in [-0.15, -0.1) is 0 Å². The standard InChI is InChI=1S/C19H21N/c1-20-13-7-12-17-18(14-8-3-2-4-9-14)15-10-5-6-11-16(15)19(17)20/h2-6,8-11,17-19H,7,12-13H2,1H3/t17-,18+,19+/m0/s1. The topological polar surface area (TPSA) is 3.24 Å². The number of benzene rings is 2. The molecular weight excluding hydrogens is 242 g/mol. The highest BCUT2D eigenvalue weighted by Crippen LogP contribution is 2.53. The molecule has 3 atom stereocenters. The van der Waals surface area contributed by atoms with Crippen LogP contribution in [0.4, 0.5) is 0 Å². The molecule has 0 radical (unpaired) electrons. The summed E-state index contributed by atoms with van der Waals surface area (Å²) in [6.45, 7) is 1.23.